The molecule has 0 spiro atoms. The molecule has 1 atom stereocenters. The molecular formula is C16H24Cl2N4OS. The number of halogens is 2. The first kappa shape index (κ1) is 22.8. The number of nitrogens with one attached hydrogen (secondary N) is 1. The first-order valence-electron chi connectivity index (χ1n) is 7.58. The quantitative estimate of drug-likeness (QED) is 0.724. The Kier molecular flexibility index (Phi) is 11.6. The minimum absolute atomic E-state index is 0. The molecule has 2 heterocycles. The van der Waals surface area contributed by atoms with E-state index in [1.54, 1.807) is 6.20 Å². The molecule has 3 N–H and O–H groups in total. The molecule has 24 heavy (non-hydrogen) atoms. The molecule has 2 rings (SSSR count). The molecule has 0 radical (unpaired) electrons. The van der Waals surface area contributed by atoms with E-state index in [4.69, 9.17) is 5.73 Å². The second-order valence-electron chi connectivity index (χ2n) is 5.18. The molecular weight excluding hydrogens is 367 g/mol. The van der Waals surface area contributed by atoms with Crippen molar-refractivity contribution < 1.29 is 4.79 Å². The minimum Gasteiger partial charge on any atom is -0.352 e. The molecule has 1 unspecified atom stereocenters. The van der Waals surface area contributed by atoms with Crippen LogP contribution in [0.15, 0.2) is 29.8 Å². The average Bonchev–Trinajstić information content (AvgIpc) is 3.00. The zero-order valence-corrected chi connectivity index (χ0v) is 16.1. The van der Waals surface area contributed by atoms with E-state index in [-0.39, 0.29) is 43.2 Å². The SMILES string of the molecule is CCCCC(CN)NC(=O)Cc1csc(-c2ccccn2)n1.Cl.Cl. The van der Waals surface area contributed by atoms with Gasteiger partial charge in [-0.05, 0) is 18.6 Å². The van der Waals surface area contributed by atoms with Gasteiger partial charge in [0.1, 0.15) is 5.01 Å². The highest BCUT2D eigenvalue weighted by Gasteiger charge is 2.13. The molecule has 1 amide bonds. The lowest BCUT2D eigenvalue weighted by molar-refractivity contribution is -0.121. The third kappa shape index (κ3) is 7.13. The van der Waals surface area contributed by atoms with Gasteiger partial charge < -0.3 is 11.1 Å². The number of hydrogen-bond donors (Lipinski definition) is 2. The number of carbonyl (C=O) groups excluding carboxylic acids is 1. The summed E-state index contributed by atoms with van der Waals surface area (Å²) in [4.78, 5) is 20.8. The number of unbranched alkanes of at least 4 members (excludes halogenated alkanes) is 1. The van der Waals surface area contributed by atoms with Gasteiger partial charge >= 0.3 is 0 Å². The number of nitrogens with zero attached hydrogens (tertiary/aromatic N) is 2. The summed E-state index contributed by atoms with van der Waals surface area (Å²) in [6, 6.07) is 5.77. The zero-order valence-electron chi connectivity index (χ0n) is 13.6. The number of hydrogen-bond acceptors (Lipinski definition) is 5. The maximum Gasteiger partial charge on any atom is 0.226 e. The van der Waals surface area contributed by atoms with Crippen LogP contribution in [0.1, 0.15) is 31.9 Å². The lowest BCUT2D eigenvalue weighted by Crippen LogP contribution is -2.40. The summed E-state index contributed by atoms with van der Waals surface area (Å²) in [7, 11) is 0. The third-order valence-electron chi connectivity index (χ3n) is 3.33. The van der Waals surface area contributed by atoms with Gasteiger partial charge in [-0.2, -0.15) is 0 Å². The third-order valence-corrected chi connectivity index (χ3v) is 4.25. The molecule has 2 aromatic heterocycles. The van der Waals surface area contributed by atoms with Gasteiger partial charge in [0.25, 0.3) is 0 Å². The van der Waals surface area contributed by atoms with Gasteiger partial charge in [0.2, 0.25) is 5.91 Å². The second kappa shape index (κ2) is 12.2. The van der Waals surface area contributed by atoms with Crippen LogP contribution in [-0.4, -0.2) is 28.5 Å². The van der Waals surface area contributed by atoms with E-state index in [0.717, 1.165) is 35.7 Å². The fourth-order valence-corrected chi connectivity index (χ4v) is 2.93. The van der Waals surface area contributed by atoms with E-state index in [1.807, 2.05) is 23.6 Å². The highest BCUT2D eigenvalue weighted by molar-refractivity contribution is 7.13. The molecule has 0 fully saturated rings. The van der Waals surface area contributed by atoms with Gasteiger partial charge in [0.05, 0.1) is 17.8 Å². The maximum absolute atomic E-state index is 12.1. The van der Waals surface area contributed by atoms with Gasteiger partial charge in [0, 0.05) is 24.2 Å². The summed E-state index contributed by atoms with van der Waals surface area (Å²) in [6.45, 7) is 2.60. The number of rotatable bonds is 8. The van der Waals surface area contributed by atoms with Crippen LogP contribution in [0.4, 0.5) is 0 Å². The van der Waals surface area contributed by atoms with Crippen LogP contribution < -0.4 is 11.1 Å². The molecule has 0 bridgehead atoms. The van der Waals surface area contributed by atoms with Crippen molar-refractivity contribution in [2.24, 2.45) is 5.73 Å². The van der Waals surface area contributed by atoms with Crippen LogP contribution in [-0.2, 0) is 11.2 Å². The molecule has 134 valence electrons. The predicted molar refractivity (Wildman–Crippen MR) is 104 cm³/mol. The first-order valence-corrected chi connectivity index (χ1v) is 8.46. The second-order valence-corrected chi connectivity index (χ2v) is 6.04. The lowest BCUT2D eigenvalue weighted by Gasteiger charge is -2.15. The monoisotopic (exact) mass is 390 g/mol. The van der Waals surface area contributed by atoms with Gasteiger partial charge in [-0.25, -0.2) is 4.98 Å². The zero-order chi connectivity index (χ0) is 15.8. The summed E-state index contributed by atoms with van der Waals surface area (Å²) in [5.74, 6) is -0.0237. The van der Waals surface area contributed by atoms with E-state index in [9.17, 15) is 4.79 Å². The van der Waals surface area contributed by atoms with Crippen LogP contribution in [0.25, 0.3) is 10.7 Å². The molecule has 8 heteroatoms. The molecule has 0 saturated heterocycles. The van der Waals surface area contributed by atoms with Crippen LogP contribution in [0.2, 0.25) is 0 Å². The molecule has 2 aromatic rings. The number of pyridine rings is 1. The van der Waals surface area contributed by atoms with E-state index in [0.29, 0.717) is 6.54 Å². The van der Waals surface area contributed by atoms with E-state index in [2.05, 4.69) is 22.2 Å². The van der Waals surface area contributed by atoms with Crippen LogP contribution >= 0.6 is 36.2 Å². The topological polar surface area (TPSA) is 80.9 Å². The summed E-state index contributed by atoms with van der Waals surface area (Å²) in [5.41, 5.74) is 7.31. The van der Waals surface area contributed by atoms with E-state index >= 15 is 0 Å². The van der Waals surface area contributed by atoms with Gasteiger partial charge in [-0.1, -0.05) is 25.8 Å². The van der Waals surface area contributed by atoms with Crippen molar-refractivity contribution >= 4 is 42.1 Å². The average molecular weight is 391 g/mol. The van der Waals surface area contributed by atoms with Crippen molar-refractivity contribution in [3.05, 3.63) is 35.5 Å². The van der Waals surface area contributed by atoms with Crippen LogP contribution in [0.5, 0.6) is 0 Å². The highest BCUT2D eigenvalue weighted by Crippen LogP contribution is 2.21. The van der Waals surface area contributed by atoms with Crippen LogP contribution in [0.3, 0.4) is 0 Å². The van der Waals surface area contributed by atoms with E-state index in [1.165, 1.54) is 11.3 Å². The lowest BCUT2D eigenvalue weighted by atomic mass is 10.1. The first-order chi connectivity index (χ1) is 10.7. The van der Waals surface area contributed by atoms with Crippen molar-refractivity contribution in [2.45, 2.75) is 38.6 Å². The summed E-state index contributed by atoms with van der Waals surface area (Å²) in [6.07, 6.45) is 5.12. The largest absolute Gasteiger partial charge is 0.352 e. The van der Waals surface area contributed by atoms with Crippen molar-refractivity contribution in [1.82, 2.24) is 15.3 Å². The minimum atomic E-state index is -0.0237. The Hall–Kier alpha value is -1.21. The van der Waals surface area contributed by atoms with Crippen molar-refractivity contribution in [3.8, 4) is 10.7 Å². The number of nitrogens with two attached hydrogens (primary N) is 1. The Balaban J connectivity index is 0.00000264. The smallest absolute Gasteiger partial charge is 0.226 e. The van der Waals surface area contributed by atoms with Gasteiger partial charge in [-0.3, -0.25) is 9.78 Å². The molecule has 0 aliphatic carbocycles. The molecule has 0 aliphatic heterocycles. The Morgan fingerprint density at radius 3 is 2.79 bits per heavy atom. The van der Waals surface area contributed by atoms with Crippen molar-refractivity contribution in [2.75, 3.05) is 6.54 Å². The number of amides is 1. The van der Waals surface area contributed by atoms with Gasteiger partial charge in [-0.15, -0.1) is 36.2 Å². The molecule has 5 nitrogen and oxygen atoms in total. The number of aromatic nitrogens is 2. The Morgan fingerprint density at radius 1 is 1.38 bits per heavy atom. The maximum atomic E-state index is 12.1. The highest BCUT2D eigenvalue weighted by atomic mass is 35.5. The van der Waals surface area contributed by atoms with Crippen molar-refractivity contribution in [3.63, 3.8) is 0 Å². The Labute approximate surface area is 159 Å². The molecule has 0 aliphatic rings. The summed E-state index contributed by atoms with van der Waals surface area (Å²) in [5, 5.41) is 5.73. The predicted octanol–water partition coefficient (Wildman–Crippen LogP) is 3.22. The fraction of sp³-hybridized carbons (Fsp3) is 0.438. The van der Waals surface area contributed by atoms with Gasteiger partial charge in [0.15, 0.2) is 0 Å². The normalized spacial score (nSPS) is 11.1. The summed E-state index contributed by atoms with van der Waals surface area (Å²) < 4.78 is 0. The Morgan fingerprint density at radius 2 is 2.17 bits per heavy atom. The molecule has 0 saturated carbocycles. The molecule has 0 aromatic carbocycles. The number of carbonyl (C=O) groups is 1. The van der Waals surface area contributed by atoms with Crippen molar-refractivity contribution in [1.29, 1.82) is 0 Å². The standard InChI is InChI=1S/C16H22N4OS.2ClH/c1-2-3-6-12(10-17)19-15(21)9-13-11-22-16(20-13)14-7-4-5-8-18-14;;/h4-5,7-8,11-12H,2-3,6,9-10,17H2,1H3,(H,19,21);2*1H. The number of thiazole rings is 1. The summed E-state index contributed by atoms with van der Waals surface area (Å²) >= 11 is 1.50. The van der Waals surface area contributed by atoms with Crippen LogP contribution in [0, 0.1) is 0 Å². The van der Waals surface area contributed by atoms with E-state index < -0.39 is 0 Å². The fourth-order valence-electron chi connectivity index (χ4n) is 2.14. The Bertz CT molecular complexity index is 595.